The van der Waals surface area contributed by atoms with Gasteiger partial charge in [-0.1, -0.05) is 18.2 Å². The number of amides is 1. The summed E-state index contributed by atoms with van der Waals surface area (Å²) in [6.07, 6.45) is 3.35. The molecule has 0 unspecified atom stereocenters. The highest BCUT2D eigenvalue weighted by molar-refractivity contribution is 6.05. The van der Waals surface area contributed by atoms with Gasteiger partial charge in [0, 0.05) is 18.4 Å². The Balaban J connectivity index is 1.88. The summed E-state index contributed by atoms with van der Waals surface area (Å²) in [5.74, 6) is 0.400. The van der Waals surface area contributed by atoms with E-state index in [1.165, 1.54) is 5.56 Å². The van der Waals surface area contributed by atoms with E-state index in [-0.39, 0.29) is 5.91 Å². The Kier molecular flexibility index (Phi) is 5.94. The first-order chi connectivity index (χ1) is 13.5. The van der Waals surface area contributed by atoms with Crippen LogP contribution in [-0.4, -0.2) is 24.5 Å². The van der Waals surface area contributed by atoms with Crippen molar-refractivity contribution in [1.29, 1.82) is 0 Å². The van der Waals surface area contributed by atoms with Crippen LogP contribution in [0.15, 0.2) is 60.9 Å². The molecule has 0 aliphatic heterocycles. The predicted octanol–water partition coefficient (Wildman–Crippen LogP) is 5.12. The molecule has 1 N–H and O–H groups in total. The lowest BCUT2D eigenvalue weighted by Gasteiger charge is -2.23. The second-order valence-electron chi connectivity index (χ2n) is 6.67. The molecular weight excluding hydrogens is 350 g/mol. The topological polar surface area (TPSA) is 54.5 Å². The molecule has 3 rings (SSSR count). The lowest BCUT2D eigenvalue weighted by molar-refractivity contribution is 0.102. The molecule has 0 atom stereocenters. The highest BCUT2D eigenvalue weighted by atomic mass is 16.5. The Labute approximate surface area is 166 Å². The van der Waals surface area contributed by atoms with Crippen molar-refractivity contribution in [3.05, 3.63) is 77.6 Å². The summed E-state index contributed by atoms with van der Waals surface area (Å²) in [5, 5.41) is 2.93. The summed E-state index contributed by atoms with van der Waals surface area (Å²) in [4.78, 5) is 19.2. The largest absolute Gasteiger partial charge is 0.495 e. The summed E-state index contributed by atoms with van der Waals surface area (Å²) in [6, 6.07) is 15.8. The molecule has 0 aliphatic rings. The fourth-order valence-electron chi connectivity index (χ4n) is 3.12. The van der Waals surface area contributed by atoms with Crippen molar-refractivity contribution < 1.29 is 9.53 Å². The molecule has 5 heteroatoms. The Morgan fingerprint density at radius 3 is 2.54 bits per heavy atom. The van der Waals surface area contributed by atoms with Gasteiger partial charge < -0.3 is 15.0 Å². The van der Waals surface area contributed by atoms with Crippen molar-refractivity contribution in [2.75, 3.05) is 23.9 Å². The molecule has 0 saturated carbocycles. The fraction of sp³-hybridized carbons (Fsp3) is 0.217. The van der Waals surface area contributed by atoms with Crippen LogP contribution in [0.5, 0.6) is 5.75 Å². The second-order valence-corrected chi connectivity index (χ2v) is 6.67. The van der Waals surface area contributed by atoms with E-state index in [2.05, 4.69) is 47.2 Å². The van der Waals surface area contributed by atoms with Crippen molar-refractivity contribution in [3.63, 3.8) is 0 Å². The molecular formula is C23H25N3O2. The van der Waals surface area contributed by atoms with Gasteiger partial charge in [-0.2, -0.15) is 0 Å². The third-order valence-electron chi connectivity index (χ3n) is 4.53. The maximum atomic E-state index is 12.8. The first-order valence-corrected chi connectivity index (χ1v) is 9.27. The normalized spacial score (nSPS) is 10.4. The minimum absolute atomic E-state index is 0.224. The molecule has 0 fully saturated rings. The first kappa shape index (κ1) is 19.4. The van der Waals surface area contributed by atoms with E-state index in [1.54, 1.807) is 19.5 Å². The Morgan fingerprint density at radius 1 is 1.04 bits per heavy atom. The second kappa shape index (κ2) is 8.57. The van der Waals surface area contributed by atoms with Crippen LogP contribution < -0.4 is 15.0 Å². The van der Waals surface area contributed by atoms with Gasteiger partial charge in [0.1, 0.15) is 5.75 Å². The number of nitrogens with one attached hydrogen (secondary N) is 1. The SMILES string of the molecule is CCN(c1cccc(C)c1)c1cncc(C(=O)Nc2cc(C)ccc2OC)c1. The molecule has 2 aromatic carbocycles. The molecule has 5 nitrogen and oxygen atoms in total. The molecule has 144 valence electrons. The predicted molar refractivity (Wildman–Crippen MR) is 114 cm³/mol. The van der Waals surface area contributed by atoms with Crippen LogP contribution in [0.1, 0.15) is 28.4 Å². The van der Waals surface area contributed by atoms with Crippen molar-refractivity contribution in [2.24, 2.45) is 0 Å². The first-order valence-electron chi connectivity index (χ1n) is 9.27. The lowest BCUT2D eigenvalue weighted by Crippen LogP contribution is -2.18. The molecule has 3 aromatic rings. The number of pyridine rings is 1. The number of aryl methyl sites for hydroxylation is 2. The molecule has 1 heterocycles. The number of hydrogen-bond donors (Lipinski definition) is 1. The zero-order valence-electron chi connectivity index (χ0n) is 16.7. The zero-order chi connectivity index (χ0) is 20.1. The number of carbonyl (C=O) groups is 1. The maximum absolute atomic E-state index is 12.8. The van der Waals surface area contributed by atoms with Crippen molar-refractivity contribution in [2.45, 2.75) is 20.8 Å². The number of aromatic nitrogens is 1. The highest BCUT2D eigenvalue weighted by Gasteiger charge is 2.14. The smallest absolute Gasteiger partial charge is 0.257 e. The van der Waals surface area contributed by atoms with Crippen molar-refractivity contribution in [3.8, 4) is 5.75 Å². The van der Waals surface area contributed by atoms with Gasteiger partial charge >= 0.3 is 0 Å². The quantitative estimate of drug-likeness (QED) is 0.650. The van der Waals surface area contributed by atoms with Crippen LogP contribution in [0.2, 0.25) is 0 Å². The average Bonchev–Trinajstić information content (AvgIpc) is 2.69. The van der Waals surface area contributed by atoms with Gasteiger partial charge in [0.2, 0.25) is 0 Å². The number of ether oxygens (including phenoxy) is 1. The molecule has 0 aliphatic carbocycles. The van der Waals surface area contributed by atoms with Crippen LogP contribution >= 0.6 is 0 Å². The fourth-order valence-corrected chi connectivity index (χ4v) is 3.12. The van der Waals surface area contributed by atoms with E-state index in [9.17, 15) is 4.79 Å². The maximum Gasteiger partial charge on any atom is 0.257 e. The van der Waals surface area contributed by atoms with Crippen LogP contribution in [-0.2, 0) is 0 Å². The van der Waals surface area contributed by atoms with Gasteiger partial charge in [-0.25, -0.2) is 0 Å². The van der Waals surface area contributed by atoms with Gasteiger partial charge in [-0.15, -0.1) is 0 Å². The summed E-state index contributed by atoms with van der Waals surface area (Å²) >= 11 is 0. The van der Waals surface area contributed by atoms with E-state index in [0.29, 0.717) is 17.0 Å². The Hall–Kier alpha value is -3.34. The molecule has 0 spiro atoms. The number of nitrogens with zero attached hydrogens (tertiary/aromatic N) is 2. The van der Waals surface area contributed by atoms with Gasteiger partial charge in [-0.05, 0) is 62.2 Å². The number of carbonyl (C=O) groups excluding carboxylic acids is 1. The summed E-state index contributed by atoms with van der Waals surface area (Å²) in [5.41, 5.74) is 5.30. The van der Waals surface area contributed by atoms with Crippen molar-refractivity contribution >= 4 is 23.0 Å². The molecule has 0 radical (unpaired) electrons. The Morgan fingerprint density at radius 2 is 1.82 bits per heavy atom. The number of rotatable bonds is 6. The monoisotopic (exact) mass is 375 g/mol. The van der Waals surface area contributed by atoms with E-state index in [1.807, 2.05) is 37.3 Å². The molecule has 28 heavy (non-hydrogen) atoms. The minimum atomic E-state index is -0.224. The van der Waals surface area contributed by atoms with E-state index in [4.69, 9.17) is 4.74 Å². The van der Waals surface area contributed by atoms with Crippen LogP contribution in [0.25, 0.3) is 0 Å². The van der Waals surface area contributed by atoms with Gasteiger partial charge in [-0.3, -0.25) is 9.78 Å². The number of methoxy groups -OCH3 is 1. The lowest BCUT2D eigenvalue weighted by atomic mass is 10.1. The third-order valence-corrected chi connectivity index (χ3v) is 4.53. The van der Waals surface area contributed by atoms with Crippen LogP contribution in [0.4, 0.5) is 17.1 Å². The number of hydrogen-bond acceptors (Lipinski definition) is 4. The number of anilines is 3. The number of benzene rings is 2. The van der Waals surface area contributed by atoms with E-state index < -0.39 is 0 Å². The standard InChI is InChI=1S/C23H25N3O2/c1-5-26(19-8-6-7-16(2)11-19)20-13-18(14-24-15-20)23(27)25-21-12-17(3)9-10-22(21)28-4/h6-15H,5H2,1-4H3,(H,25,27). The summed E-state index contributed by atoms with van der Waals surface area (Å²) in [7, 11) is 1.59. The molecule has 1 aromatic heterocycles. The van der Waals surface area contributed by atoms with Gasteiger partial charge in [0.25, 0.3) is 5.91 Å². The average molecular weight is 375 g/mol. The van der Waals surface area contributed by atoms with Gasteiger partial charge in [0.05, 0.1) is 30.2 Å². The molecule has 1 amide bonds. The minimum Gasteiger partial charge on any atom is -0.495 e. The summed E-state index contributed by atoms with van der Waals surface area (Å²) < 4.78 is 5.35. The molecule has 0 saturated heterocycles. The zero-order valence-corrected chi connectivity index (χ0v) is 16.7. The summed E-state index contributed by atoms with van der Waals surface area (Å²) in [6.45, 7) is 6.88. The van der Waals surface area contributed by atoms with Gasteiger partial charge in [0.15, 0.2) is 0 Å². The molecule has 0 bridgehead atoms. The third kappa shape index (κ3) is 4.31. The van der Waals surface area contributed by atoms with Crippen LogP contribution in [0, 0.1) is 13.8 Å². The van der Waals surface area contributed by atoms with Crippen LogP contribution in [0.3, 0.4) is 0 Å². The van der Waals surface area contributed by atoms with E-state index in [0.717, 1.165) is 23.5 Å². The Bertz CT molecular complexity index is 985. The van der Waals surface area contributed by atoms with E-state index >= 15 is 0 Å². The van der Waals surface area contributed by atoms with Crippen molar-refractivity contribution in [1.82, 2.24) is 4.98 Å². The highest BCUT2D eigenvalue weighted by Crippen LogP contribution is 2.28.